The van der Waals surface area contributed by atoms with Crippen molar-refractivity contribution in [3.05, 3.63) is 35.9 Å². The summed E-state index contributed by atoms with van der Waals surface area (Å²) in [6.07, 6.45) is 5.17. The van der Waals surface area contributed by atoms with Crippen LogP contribution in [-0.4, -0.2) is 68.5 Å². The Morgan fingerprint density at radius 3 is 2.67 bits per heavy atom. The standard InChI is InChI=1S/C26H42N4O2.HI/c1-4-27-25(29-23-22-13-18-32-24(22)26(23,2)3)28-14-8-17-31-21-11-15-30(16-12-21)19-20-9-6-5-7-10-20;/h5-7,9-10,21-24H,4,8,11-19H2,1-3H3,(H2,27,28,29);1H. The molecule has 4 rings (SSSR count). The number of aliphatic imine (C=N–C) groups is 1. The molecule has 6 nitrogen and oxygen atoms in total. The Bertz CT molecular complexity index is 737. The molecule has 186 valence electrons. The third-order valence-corrected chi connectivity index (χ3v) is 7.45. The Hall–Kier alpha value is -0.900. The first kappa shape index (κ1) is 26.7. The number of benzene rings is 1. The van der Waals surface area contributed by atoms with Crippen molar-refractivity contribution in [2.75, 3.05) is 39.4 Å². The van der Waals surface area contributed by atoms with E-state index in [2.05, 4.69) is 66.6 Å². The van der Waals surface area contributed by atoms with Crippen LogP contribution in [0.5, 0.6) is 0 Å². The normalized spacial score (nSPS) is 27.4. The summed E-state index contributed by atoms with van der Waals surface area (Å²) in [6.45, 7) is 13.4. The van der Waals surface area contributed by atoms with Gasteiger partial charge in [0, 0.05) is 63.3 Å². The van der Waals surface area contributed by atoms with Gasteiger partial charge in [0.1, 0.15) is 0 Å². The number of nitrogens with zero attached hydrogens (tertiary/aromatic N) is 2. The highest BCUT2D eigenvalue weighted by molar-refractivity contribution is 14.0. The number of ether oxygens (including phenoxy) is 2. The molecule has 33 heavy (non-hydrogen) atoms. The van der Waals surface area contributed by atoms with Crippen LogP contribution in [0.4, 0.5) is 0 Å². The number of hydrogen-bond donors (Lipinski definition) is 2. The molecule has 1 aromatic carbocycles. The molecule has 3 aliphatic rings. The molecular formula is C26H43IN4O2. The van der Waals surface area contributed by atoms with Gasteiger partial charge in [-0.2, -0.15) is 0 Å². The van der Waals surface area contributed by atoms with Crippen LogP contribution in [0, 0.1) is 11.3 Å². The van der Waals surface area contributed by atoms with Crippen molar-refractivity contribution in [2.45, 2.75) is 71.2 Å². The maximum atomic E-state index is 6.17. The summed E-state index contributed by atoms with van der Waals surface area (Å²) in [5, 5.41) is 7.11. The monoisotopic (exact) mass is 570 g/mol. The van der Waals surface area contributed by atoms with Crippen LogP contribution in [-0.2, 0) is 16.0 Å². The van der Waals surface area contributed by atoms with Crippen molar-refractivity contribution >= 4 is 29.9 Å². The van der Waals surface area contributed by atoms with Crippen LogP contribution < -0.4 is 10.6 Å². The largest absolute Gasteiger partial charge is 0.378 e. The van der Waals surface area contributed by atoms with Gasteiger partial charge in [0.25, 0.3) is 0 Å². The Morgan fingerprint density at radius 1 is 1.18 bits per heavy atom. The van der Waals surface area contributed by atoms with Crippen LogP contribution >= 0.6 is 24.0 Å². The molecule has 0 aromatic heterocycles. The lowest BCUT2D eigenvalue weighted by molar-refractivity contribution is -0.106. The van der Waals surface area contributed by atoms with Gasteiger partial charge in [-0.25, -0.2) is 0 Å². The van der Waals surface area contributed by atoms with E-state index in [4.69, 9.17) is 14.5 Å². The number of halogens is 1. The van der Waals surface area contributed by atoms with Crippen LogP contribution in [0.1, 0.15) is 52.0 Å². The van der Waals surface area contributed by atoms with E-state index in [0.717, 1.165) is 77.6 Å². The second-order valence-electron chi connectivity index (χ2n) is 10.1. The van der Waals surface area contributed by atoms with E-state index in [1.807, 2.05) is 0 Å². The van der Waals surface area contributed by atoms with Crippen molar-refractivity contribution in [2.24, 2.45) is 16.3 Å². The number of hydrogen-bond acceptors (Lipinski definition) is 4. The highest BCUT2D eigenvalue weighted by atomic mass is 127. The van der Waals surface area contributed by atoms with Gasteiger partial charge in [-0.1, -0.05) is 44.2 Å². The summed E-state index contributed by atoms with van der Waals surface area (Å²) in [6, 6.07) is 11.2. The quantitative estimate of drug-likeness (QED) is 0.203. The average Bonchev–Trinajstić information content (AvgIpc) is 3.26. The van der Waals surface area contributed by atoms with Gasteiger partial charge in [0.15, 0.2) is 5.96 Å². The lowest BCUT2D eigenvalue weighted by atomic mass is 9.57. The third kappa shape index (κ3) is 6.83. The minimum Gasteiger partial charge on any atom is -0.378 e. The lowest BCUT2D eigenvalue weighted by Gasteiger charge is -2.54. The second-order valence-corrected chi connectivity index (χ2v) is 10.1. The zero-order valence-electron chi connectivity index (χ0n) is 20.6. The fourth-order valence-electron chi connectivity index (χ4n) is 5.67. The van der Waals surface area contributed by atoms with Crippen LogP contribution in [0.3, 0.4) is 0 Å². The summed E-state index contributed by atoms with van der Waals surface area (Å²) in [4.78, 5) is 7.36. The molecule has 0 radical (unpaired) electrons. The first-order chi connectivity index (χ1) is 15.6. The minimum absolute atomic E-state index is 0. The van der Waals surface area contributed by atoms with Crippen molar-refractivity contribution < 1.29 is 9.47 Å². The zero-order chi connectivity index (χ0) is 22.4. The van der Waals surface area contributed by atoms with E-state index in [1.165, 1.54) is 5.56 Å². The SMILES string of the molecule is CCNC(=NCCCOC1CCN(Cc2ccccc2)CC1)NC1C2CCOC2C1(C)C.I. The van der Waals surface area contributed by atoms with E-state index in [-0.39, 0.29) is 29.4 Å². The predicted molar refractivity (Wildman–Crippen MR) is 145 cm³/mol. The van der Waals surface area contributed by atoms with E-state index in [9.17, 15) is 0 Å². The molecule has 0 amide bonds. The summed E-state index contributed by atoms with van der Waals surface area (Å²) in [5.41, 5.74) is 1.56. The van der Waals surface area contributed by atoms with Crippen molar-refractivity contribution in [3.63, 3.8) is 0 Å². The van der Waals surface area contributed by atoms with Crippen molar-refractivity contribution in [1.29, 1.82) is 0 Å². The summed E-state index contributed by atoms with van der Waals surface area (Å²) < 4.78 is 12.1. The van der Waals surface area contributed by atoms with E-state index >= 15 is 0 Å². The van der Waals surface area contributed by atoms with E-state index in [1.54, 1.807) is 0 Å². The maximum absolute atomic E-state index is 6.17. The van der Waals surface area contributed by atoms with Gasteiger partial charge in [0.2, 0.25) is 0 Å². The molecule has 3 fully saturated rings. The van der Waals surface area contributed by atoms with Crippen LogP contribution in [0.15, 0.2) is 35.3 Å². The first-order valence-electron chi connectivity index (χ1n) is 12.6. The molecule has 2 heterocycles. The van der Waals surface area contributed by atoms with E-state index in [0.29, 0.717) is 24.2 Å². The number of fused-ring (bicyclic) bond motifs is 1. The molecular weight excluding hydrogens is 527 g/mol. The van der Waals surface area contributed by atoms with Gasteiger partial charge in [0.05, 0.1) is 12.2 Å². The Kier molecular flexibility index (Phi) is 10.3. The predicted octanol–water partition coefficient (Wildman–Crippen LogP) is 4.04. The number of nitrogens with one attached hydrogen (secondary N) is 2. The fraction of sp³-hybridized carbons (Fsp3) is 0.731. The molecule has 2 N–H and O–H groups in total. The van der Waals surface area contributed by atoms with Crippen LogP contribution in [0.2, 0.25) is 0 Å². The third-order valence-electron chi connectivity index (χ3n) is 7.45. The molecule has 1 saturated carbocycles. The highest BCUT2D eigenvalue weighted by Crippen LogP contribution is 2.52. The number of likely N-dealkylation sites (tertiary alicyclic amines) is 1. The molecule has 2 aliphatic heterocycles. The molecule has 1 aromatic rings. The summed E-state index contributed by atoms with van der Waals surface area (Å²) in [7, 11) is 0. The summed E-state index contributed by atoms with van der Waals surface area (Å²) in [5.74, 6) is 1.55. The van der Waals surface area contributed by atoms with Crippen LogP contribution in [0.25, 0.3) is 0 Å². The minimum atomic E-state index is 0. The lowest BCUT2D eigenvalue weighted by Crippen LogP contribution is -2.67. The number of rotatable bonds is 9. The fourth-order valence-corrected chi connectivity index (χ4v) is 5.67. The highest BCUT2D eigenvalue weighted by Gasteiger charge is 2.59. The zero-order valence-corrected chi connectivity index (χ0v) is 22.9. The Balaban J connectivity index is 0.00000306. The average molecular weight is 571 g/mol. The van der Waals surface area contributed by atoms with E-state index < -0.39 is 0 Å². The number of piperidine rings is 1. The van der Waals surface area contributed by atoms with Crippen molar-refractivity contribution in [3.8, 4) is 0 Å². The maximum Gasteiger partial charge on any atom is 0.191 e. The first-order valence-corrected chi connectivity index (χ1v) is 12.6. The summed E-state index contributed by atoms with van der Waals surface area (Å²) >= 11 is 0. The molecule has 3 atom stereocenters. The van der Waals surface area contributed by atoms with Gasteiger partial charge < -0.3 is 20.1 Å². The molecule has 3 unspecified atom stereocenters. The topological polar surface area (TPSA) is 58.1 Å². The molecule has 0 bridgehead atoms. The molecule has 0 spiro atoms. The van der Waals surface area contributed by atoms with Crippen molar-refractivity contribution in [1.82, 2.24) is 15.5 Å². The molecule has 7 heteroatoms. The number of guanidine groups is 1. The van der Waals surface area contributed by atoms with Gasteiger partial charge in [-0.3, -0.25) is 9.89 Å². The smallest absolute Gasteiger partial charge is 0.191 e. The Labute approximate surface area is 217 Å². The van der Waals surface area contributed by atoms with Gasteiger partial charge >= 0.3 is 0 Å². The van der Waals surface area contributed by atoms with Gasteiger partial charge in [-0.15, -0.1) is 24.0 Å². The second kappa shape index (κ2) is 12.7. The van der Waals surface area contributed by atoms with Gasteiger partial charge in [-0.05, 0) is 38.2 Å². The molecule has 2 saturated heterocycles. The molecule has 1 aliphatic carbocycles. The Morgan fingerprint density at radius 2 is 1.94 bits per heavy atom.